The molecule has 0 saturated carbocycles. The predicted octanol–water partition coefficient (Wildman–Crippen LogP) is 3.00. The Morgan fingerprint density at radius 2 is 2.10 bits per heavy atom. The van der Waals surface area contributed by atoms with Gasteiger partial charge in [-0.05, 0) is 19.1 Å². The monoisotopic (exact) mass is 301 g/mol. The third-order valence-corrected chi connectivity index (χ3v) is 4.29. The molecule has 0 fully saturated rings. The second-order valence-corrected chi connectivity index (χ2v) is 5.60. The summed E-state index contributed by atoms with van der Waals surface area (Å²) in [6.07, 6.45) is 1.45. The molecule has 4 rings (SSSR count). The van der Waals surface area contributed by atoms with Gasteiger partial charge in [0.25, 0.3) is 0 Å². The molecular weight excluding hydrogens is 290 g/mol. The number of aromatic nitrogens is 1. The number of fused-ring (bicyclic) bond motifs is 3. The largest absolute Gasteiger partial charge is 0.486 e. The first-order valence-corrected chi connectivity index (χ1v) is 7.38. The number of ether oxygens (including phenoxy) is 2. The lowest BCUT2D eigenvalue weighted by Crippen LogP contribution is -2.16. The van der Waals surface area contributed by atoms with Crippen LogP contribution in [-0.4, -0.2) is 18.2 Å². The van der Waals surface area contributed by atoms with E-state index in [9.17, 15) is 4.79 Å². The van der Waals surface area contributed by atoms with Crippen molar-refractivity contribution < 1.29 is 13.9 Å². The van der Waals surface area contributed by atoms with E-state index in [1.54, 1.807) is 12.1 Å². The highest BCUT2D eigenvalue weighted by molar-refractivity contribution is 7.13. The van der Waals surface area contributed by atoms with E-state index in [1.165, 1.54) is 17.6 Å². The van der Waals surface area contributed by atoms with Crippen LogP contribution in [0.2, 0.25) is 0 Å². The van der Waals surface area contributed by atoms with E-state index in [0.29, 0.717) is 46.3 Å². The second kappa shape index (κ2) is 4.60. The molecule has 0 aliphatic carbocycles. The number of aryl methyl sites for hydroxylation is 1. The normalized spacial score (nSPS) is 13.6. The maximum Gasteiger partial charge on any atom is 0.205 e. The van der Waals surface area contributed by atoms with E-state index in [1.807, 2.05) is 12.3 Å². The van der Waals surface area contributed by atoms with Gasteiger partial charge in [-0.3, -0.25) is 4.79 Å². The first kappa shape index (κ1) is 12.4. The van der Waals surface area contributed by atoms with Crippen LogP contribution >= 0.6 is 11.3 Å². The van der Waals surface area contributed by atoms with E-state index >= 15 is 0 Å². The molecule has 0 saturated heterocycles. The van der Waals surface area contributed by atoms with Gasteiger partial charge in [-0.25, -0.2) is 4.98 Å². The quantitative estimate of drug-likeness (QED) is 0.691. The van der Waals surface area contributed by atoms with Crippen molar-refractivity contribution in [3.05, 3.63) is 39.7 Å². The molecule has 0 amide bonds. The number of nitrogens with zero attached hydrogens (tertiary/aromatic N) is 1. The van der Waals surface area contributed by atoms with Crippen molar-refractivity contribution in [2.45, 2.75) is 6.92 Å². The zero-order valence-corrected chi connectivity index (χ0v) is 12.0. The van der Waals surface area contributed by atoms with Crippen LogP contribution in [0.15, 0.2) is 33.0 Å². The molecule has 5 nitrogen and oxygen atoms in total. The lowest BCUT2D eigenvalue weighted by Gasteiger charge is -2.18. The summed E-state index contributed by atoms with van der Waals surface area (Å²) in [4.78, 5) is 17.0. The summed E-state index contributed by atoms with van der Waals surface area (Å²) in [5.74, 6) is 1.10. The lowest BCUT2D eigenvalue weighted by molar-refractivity contribution is 0.172. The van der Waals surface area contributed by atoms with E-state index in [4.69, 9.17) is 13.9 Å². The van der Waals surface area contributed by atoms with Gasteiger partial charge in [-0.2, -0.15) is 0 Å². The Labute approximate surface area is 123 Å². The van der Waals surface area contributed by atoms with Crippen molar-refractivity contribution >= 4 is 22.3 Å². The number of thiazole rings is 1. The van der Waals surface area contributed by atoms with E-state index in [0.717, 1.165) is 5.69 Å². The molecule has 0 atom stereocenters. The van der Waals surface area contributed by atoms with Crippen molar-refractivity contribution in [3.63, 3.8) is 0 Å². The van der Waals surface area contributed by atoms with Crippen molar-refractivity contribution in [1.29, 1.82) is 0 Å². The van der Waals surface area contributed by atoms with Crippen molar-refractivity contribution in [2.75, 3.05) is 13.2 Å². The van der Waals surface area contributed by atoms with Crippen molar-refractivity contribution in [3.8, 4) is 22.1 Å². The summed E-state index contributed by atoms with van der Waals surface area (Å²) >= 11 is 1.43. The van der Waals surface area contributed by atoms with Crippen LogP contribution in [0.4, 0.5) is 0 Å². The Bertz CT molecular complexity index is 896. The van der Waals surface area contributed by atoms with Crippen molar-refractivity contribution in [2.24, 2.45) is 0 Å². The molecule has 2 aromatic heterocycles. The fourth-order valence-electron chi connectivity index (χ4n) is 2.33. The lowest BCUT2D eigenvalue weighted by atomic mass is 10.1. The number of benzene rings is 1. The van der Waals surface area contributed by atoms with Gasteiger partial charge < -0.3 is 13.9 Å². The molecule has 3 heterocycles. The standard InChI is InChI=1S/C15H11NO4S/c1-8-7-21-15(16-8)10-6-20-13-9(12(10)17)2-3-11-14(13)19-5-4-18-11/h2-3,6-7H,4-5H2,1H3. The molecule has 1 aliphatic rings. The summed E-state index contributed by atoms with van der Waals surface area (Å²) in [7, 11) is 0. The molecule has 1 aromatic carbocycles. The zero-order chi connectivity index (χ0) is 14.4. The maximum absolute atomic E-state index is 12.6. The summed E-state index contributed by atoms with van der Waals surface area (Å²) in [5.41, 5.74) is 1.67. The number of rotatable bonds is 1. The minimum atomic E-state index is -0.109. The van der Waals surface area contributed by atoms with E-state index in [2.05, 4.69) is 4.98 Å². The zero-order valence-electron chi connectivity index (χ0n) is 11.2. The Balaban J connectivity index is 1.98. The number of hydrogen-bond donors (Lipinski definition) is 0. The Hall–Kier alpha value is -2.34. The van der Waals surface area contributed by atoms with Crippen LogP contribution < -0.4 is 14.9 Å². The molecule has 6 heteroatoms. The molecule has 0 radical (unpaired) electrons. The van der Waals surface area contributed by atoms with E-state index in [-0.39, 0.29) is 5.43 Å². The SMILES string of the molecule is Cc1csc(-c2coc3c4c(ccc3c2=O)OCCO4)n1. The average Bonchev–Trinajstić information content (AvgIpc) is 2.94. The molecule has 0 unspecified atom stereocenters. The predicted molar refractivity (Wildman–Crippen MR) is 79.3 cm³/mol. The minimum Gasteiger partial charge on any atom is -0.486 e. The first-order valence-electron chi connectivity index (χ1n) is 6.50. The van der Waals surface area contributed by atoms with Gasteiger partial charge in [0.1, 0.15) is 24.5 Å². The highest BCUT2D eigenvalue weighted by Crippen LogP contribution is 2.37. The van der Waals surface area contributed by atoms with Gasteiger partial charge in [-0.1, -0.05) is 0 Å². The fourth-order valence-corrected chi connectivity index (χ4v) is 3.13. The Morgan fingerprint density at radius 3 is 2.90 bits per heavy atom. The second-order valence-electron chi connectivity index (χ2n) is 4.74. The molecule has 0 spiro atoms. The summed E-state index contributed by atoms with van der Waals surface area (Å²) in [6.45, 7) is 2.84. The third kappa shape index (κ3) is 1.91. The highest BCUT2D eigenvalue weighted by atomic mass is 32.1. The topological polar surface area (TPSA) is 61.6 Å². The first-order chi connectivity index (χ1) is 10.2. The maximum atomic E-state index is 12.6. The van der Waals surface area contributed by atoms with Crippen LogP contribution in [0, 0.1) is 6.92 Å². The van der Waals surface area contributed by atoms with Gasteiger partial charge in [0.05, 0.1) is 10.9 Å². The Morgan fingerprint density at radius 1 is 1.24 bits per heavy atom. The van der Waals surface area contributed by atoms with Crippen molar-refractivity contribution in [1.82, 2.24) is 4.98 Å². The van der Waals surface area contributed by atoms with Gasteiger partial charge in [0.15, 0.2) is 11.3 Å². The minimum absolute atomic E-state index is 0.109. The molecule has 106 valence electrons. The van der Waals surface area contributed by atoms with Crippen LogP contribution in [0.3, 0.4) is 0 Å². The Kier molecular flexibility index (Phi) is 2.71. The van der Waals surface area contributed by atoms with Gasteiger partial charge >= 0.3 is 0 Å². The van der Waals surface area contributed by atoms with Crippen LogP contribution in [0.5, 0.6) is 11.5 Å². The molecule has 21 heavy (non-hydrogen) atoms. The summed E-state index contributed by atoms with van der Waals surface area (Å²) < 4.78 is 16.7. The smallest absolute Gasteiger partial charge is 0.205 e. The van der Waals surface area contributed by atoms with Gasteiger partial charge in [0, 0.05) is 11.1 Å². The van der Waals surface area contributed by atoms with E-state index < -0.39 is 0 Å². The van der Waals surface area contributed by atoms with Gasteiger partial charge in [-0.15, -0.1) is 11.3 Å². The fraction of sp³-hybridized carbons (Fsp3) is 0.200. The molecular formula is C15H11NO4S. The van der Waals surface area contributed by atoms with Gasteiger partial charge in [0.2, 0.25) is 11.2 Å². The van der Waals surface area contributed by atoms with Crippen LogP contribution in [0.25, 0.3) is 21.5 Å². The molecule has 0 N–H and O–H groups in total. The molecule has 1 aliphatic heterocycles. The number of hydrogen-bond acceptors (Lipinski definition) is 6. The third-order valence-electron chi connectivity index (χ3n) is 3.30. The molecule has 3 aromatic rings. The van der Waals surface area contributed by atoms with Crippen LogP contribution in [0.1, 0.15) is 5.69 Å². The van der Waals surface area contributed by atoms with Crippen LogP contribution in [-0.2, 0) is 0 Å². The summed E-state index contributed by atoms with van der Waals surface area (Å²) in [5, 5.41) is 3.05. The molecule has 0 bridgehead atoms. The summed E-state index contributed by atoms with van der Waals surface area (Å²) in [6, 6.07) is 3.45. The average molecular weight is 301 g/mol. The highest BCUT2D eigenvalue weighted by Gasteiger charge is 2.20.